The van der Waals surface area contributed by atoms with E-state index in [2.05, 4.69) is 5.32 Å². The predicted octanol–water partition coefficient (Wildman–Crippen LogP) is 3.01. The molecule has 0 aliphatic rings. The molecule has 0 aliphatic carbocycles. The molecule has 6 heteroatoms. The van der Waals surface area contributed by atoms with Crippen LogP contribution >= 0.6 is 0 Å². The molecule has 19 heavy (non-hydrogen) atoms. The van der Waals surface area contributed by atoms with Crippen molar-refractivity contribution < 1.29 is 18.0 Å². The quantitative estimate of drug-likeness (QED) is 0.821. The Morgan fingerprint density at radius 1 is 1.26 bits per heavy atom. The summed E-state index contributed by atoms with van der Waals surface area (Å²) in [5, 5.41) is 2.31. The molecule has 2 rings (SSSR count). The van der Waals surface area contributed by atoms with Crippen molar-refractivity contribution in [3.8, 4) is 0 Å². The van der Waals surface area contributed by atoms with Gasteiger partial charge in [-0.2, -0.15) is 0 Å². The van der Waals surface area contributed by atoms with Gasteiger partial charge in [-0.05, 0) is 26.0 Å². The molecular formula is C13H12F2N2O2. The van der Waals surface area contributed by atoms with Gasteiger partial charge in [0.25, 0.3) is 5.91 Å². The Kier molecular flexibility index (Phi) is 3.25. The van der Waals surface area contributed by atoms with Crippen LogP contribution in [0.15, 0.2) is 22.6 Å². The second kappa shape index (κ2) is 4.72. The first kappa shape index (κ1) is 13.1. The zero-order valence-corrected chi connectivity index (χ0v) is 10.4. The summed E-state index contributed by atoms with van der Waals surface area (Å²) in [4.78, 5) is 12.0. The van der Waals surface area contributed by atoms with Gasteiger partial charge in [-0.15, -0.1) is 0 Å². The molecule has 0 bridgehead atoms. The number of aryl methyl sites for hydroxylation is 2. The Hall–Kier alpha value is -2.37. The van der Waals surface area contributed by atoms with Crippen molar-refractivity contribution in [3.63, 3.8) is 0 Å². The maximum absolute atomic E-state index is 13.5. The molecule has 0 saturated carbocycles. The molecule has 0 unspecified atom stereocenters. The number of rotatable bonds is 2. The molecule has 2 aromatic rings. The first-order valence-electron chi connectivity index (χ1n) is 5.51. The van der Waals surface area contributed by atoms with Gasteiger partial charge in [-0.25, -0.2) is 8.78 Å². The zero-order chi connectivity index (χ0) is 14.2. The predicted molar refractivity (Wildman–Crippen MR) is 66.9 cm³/mol. The molecule has 1 amide bonds. The molecule has 0 fully saturated rings. The number of hydrogen-bond acceptors (Lipinski definition) is 3. The van der Waals surface area contributed by atoms with Crippen molar-refractivity contribution in [1.82, 2.24) is 0 Å². The van der Waals surface area contributed by atoms with Crippen LogP contribution in [-0.4, -0.2) is 5.91 Å². The van der Waals surface area contributed by atoms with Crippen LogP contribution < -0.4 is 11.1 Å². The third-order valence-electron chi connectivity index (χ3n) is 2.61. The third-order valence-corrected chi connectivity index (χ3v) is 2.61. The minimum Gasteiger partial charge on any atom is -0.466 e. The van der Waals surface area contributed by atoms with Crippen molar-refractivity contribution in [1.29, 1.82) is 0 Å². The molecule has 0 atom stereocenters. The number of furan rings is 1. The molecule has 0 aliphatic heterocycles. The summed E-state index contributed by atoms with van der Waals surface area (Å²) in [6, 6.07) is 3.12. The van der Waals surface area contributed by atoms with Gasteiger partial charge in [0.15, 0.2) is 5.82 Å². The largest absolute Gasteiger partial charge is 0.466 e. The van der Waals surface area contributed by atoms with Gasteiger partial charge in [0.2, 0.25) is 0 Å². The molecule has 0 radical (unpaired) electrons. The number of nitrogens with two attached hydrogens (primary N) is 1. The number of carbonyl (C=O) groups is 1. The van der Waals surface area contributed by atoms with Crippen LogP contribution in [0.3, 0.4) is 0 Å². The summed E-state index contributed by atoms with van der Waals surface area (Å²) >= 11 is 0. The van der Waals surface area contributed by atoms with Crippen molar-refractivity contribution in [2.24, 2.45) is 0 Å². The van der Waals surface area contributed by atoms with E-state index in [4.69, 9.17) is 10.2 Å². The first-order chi connectivity index (χ1) is 8.88. The van der Waals surface area contributed by atoms with E-state index in [1.54, 1.807) is 13.8 Å². The van der Waals surface area contributed by atoms with Crippen molar-refractivity contribution >= 4 is 17.3 Å². The second-order valence-corrected chi connectivity index (χ2v) is 4.13. The van der Waals surface area contributed by atoms with Crippen LogP contribution in [0.5, 0.6) is 0 Å². The van der Waals surface area contributed by atoms with Crippen molar-refractivity contribution in [2.45, 2.75) is 13.8 Å². The fraction of sp³-hybridized carbons (Fsp3) is 0.154. The Morgan fingerprint density at radius 2 is 1.95 bits per heavy atom. The van der Waals surface area contributed by atoms with Crippen LogP contribution in [0.4, 0.5) is 20.2 Å². The highest BCUT2D eigenvalue weighted by Crippen LogP contribution is 2.25. The maximum Gasteiger partial charge on any atom is 0.259 e. The molecule has 3 N–H and O–H groups in total. The van der Waals surface area contributed by atoms with Crippen LogP contribution in [0.25, 0.3) is 0 Å². The average Bonchev–Trinajstić information content (AvgIpc) is 2.62. The van der Waals surface area contributed by atoms with E-state index >= 15 is 0 Å². The topological polar surface area (TPSA) is 68.3 Å². The summed E-state index contributed by atoms with van der Waals surface area (Å²) < 4.78 is 31.6. The van der Waals surface area contributed by atoms with Crippen molar-refractivity contribution in [2.75, 3.05) is 11.1 Å². The SMILES string of the molecule is Cc1cc(C(=O)Nc2c(N)cc(F)cc2F)c(C)o1. The zero-order valence-electron chi connectivity index (χ0n) is 10.4. The summed E-state index contributed by atoms with van der Waals surface area (Å²) in [5.41, 5.74) is 5.33. The third kappa shape index (κ3) is 2.57. The number of carbonyl (C=O) groups excluding carboxylic acids is 1. The van der Waals surface area contributed by atoms with E-state index < -0.39 is 17.5 Å². The minimum atomic E-state index is -0.927. The molecule has 0 spiro atoms. The number of nitrogen functional groups attached to an aromatic ring is 1. The van der Waals surface area contributed by atoms with E-state index in [-0.39, 0.29) is 16.9 Å². The van der Waals surface area contributed by atoms with Crippen molar-refractivity contribution in [3.05, 3.63) is 46.9 Å². The summed E-state index contributed by atoms with van der Waals surface area (Å²) in [5.74, 6) is -1.31. The van der Waals surface area contributed by atoms with Crippen LogP contribution in [-0.2, 0) is 0 Å². The second-order valence-electron chi connectivity index (χ2n) is 4.13. The van der Waals surface area contributed by atoms with Crippen LogP contribution in [0.1, 0.15) is 21.9 Å². The van der Waals surface area contributed by atoms with Gasteiger partial charge in [-0.3, -0.25) is 4.79 Å². The van der Waals surface area contributed by atoms with Gasteiger partial charge in [-0.1, -0.05) is 0 Å². The highest BCUT2D eigenvalue weighted by molar-refractivity contribution is 6.06. The fourth-order valence-electron chi connectivity index (χ4n) is 1.76. The number of benzene rings is 1. The summed E-state index contributed by atoms with van der Waals surface area (Å²) in [6.07, 6.45) is 0. The molecule has 1 aromatic carbocycles. The molecule has 1 heterocycles. The fourth-order valence-corrected chi connectivity index (χ4v) is 1.76. The Bertz CT molecular complexity index is 627. The minimum absolute atomic E-state index is 0.177. The van der Waals surface area contributed by atoms with E-state index in [9.17, 15) is 13.6 Å². The van der Waals surface area contributed by atoms with E-state index in [1.165, 1.54) is 6.07 Å². The van der Waals surface area contributed by atoms with Gasteiger partial charge >= 0.3 is 0 Å². The number of halogens is 2. The van der Waals surface area contributed by atoms with E-state index in [0.29, 0.717) is 17.6 Å². The van der Waals surface area contributed by atoms with Gasteiger partial charge in [0.1, 0.15) is 23.0 Å². The standard InChI is InChI=1S/C13H12F2N2O2/c1-6-3-9(7(2)19-6)13(18)17-12-10(15)4-8(14)5-11(12)16/h3-5H,16H2,1-2H3,(H,17,18). The summed E-state index contributed by atoms with van der Waals surface area (Å²) in [7, 11) is 0. The summed E-state index contributed by atoms with van der Waals surface area (Å²) in [6.45, 7) is 3.31. The van der Waals surface area contributed by atoms with Gasteiger partial charge in [0.05, 0.1) is 11.3 Å². The van der Waals surface area contributed by atoms with E-state index in [0.717, 1.165) is 6.07 Å². The smallest absolute Gasteiger partial charge is 0.259 e. The number of anilines is 2. The highest BCUT2D eigenvalue weighted by Gasteiger charge is 2.17. The first-order valence-corrected chi connectivity index (χ1v) is 5.51. The Labute approximate surface area is 108 Å². The lowest BCUT2D eigenvalue weighted by atomic mass is 10.2. The molecule has 100 valence electrons. The van der Waals surface area contributed by atoms with Crippen LogP contribution in [0, 0.1) is 25.5 Å². The Balaban J connectivity index is 2.32. The van der Waals surface area contributed by atoms with Gasteiger partial charge < -0.3 is 15.5 Å². The van der Waals surface area contributed by atoms with Crippen LogP contribution in [0.2, 0.25) is 0 Å². The monoisotopic (exact) mass is 266 g/mol. The average molecular weight is 266 g/mol. The normalized spacial score (nSPS) is 10.5. The van der Waals surface area contributed by atoms with E-state index in [1.807, 2.05) is 0 Å². The molecule has 0 saturated heterocycles. The maximum atomic E-state index is 13.5. The molecule has 1 aromatic heterocycles. The van der Waals surface area contributed by atoms with Gasteiger partial charge in [0, 0.05) is 6.07 Å². The lowest BCUT2D eigenvalue weighted by Crippen LogP contribution is -2.15. The molecule has 4 nitrogen and oxygen atoms in total. The number of hydrogen-bond donors (Lipinski definition) is 2. The lowest BCUT2D eigenvalue weighted by molar-refractivity contribution is 0.102. The highest BCUT2D eigenvalue weighted by atomic mass is 19.1. The number of nitrogens with one attached hydrogen (secondary N) is 1. The number of amides is 1. The Morgan fingerprint density at radius 3 is 2.47 bits per heavy atom. The molecular weight excluding hydrogens is 254 g/mol. The lowest BCUT2D eigenvalue weighted by Gasteiger charge is -2.09.